The number of hydrogen-bond donors (Lipinski definition) is 0. The third-order valence-electron chi connectivity index (χ3n) is 7.81. The van der Waals surface area contributed by atoms with Crippen LogP contribution in [0.5, 0.6) is 5.75 Å². The molecule has 4 heteroatoms. The molecule has 0 heterocycles. The average Bonchev–Trinajstić information content (AvgIpc) is 2.97. The van der Waals surface area contributed by atoms with Crippen LogP contribution in [-0.2, 0) is 15.5 Å². The van der Waals surface area contributed by atoms with E-state index in [0.29, 0.717) is 0 Å². The van der Waals surface area contributed by atoms with Gasteiger partial charge in [-0.05, 0) is 43.4 Å². The third kappa shape index (κ3) is 24.0. The minimum absolute atomic E-state index is 0.732. The highest BCUT2D eigenvalue weighted by Crippen LogP contribution is 2.41. The Balaban J connectivity index is 2.22. The van der Waals surface area contributed by atoms with Gasteiger partial charge in [-0.3, -0.25) is 0 Å². The minimum Gasteiger partial charge on any atom is -0.427 e. The molecule has 0 radical (unpaired) electrons. The summed E-state index contributed by atoms with van der Waals surface area (Å²) in [4.78, 5) is 0. The fourth-order valence-corrected chi connectivity index (χ4v) is 6.11. The highest BCUT2D eigenvalue weighted by atomic mass is 31.2. The molecule has 1 aromatic carbocycles. The zero-order valence-corrected chi connectivity index (χ0v) is 28.0. The topological polar surface area (TPSA) is 27.7 Å². The minimum atomic E-state index is -1.33. The van der Waals surface area contributed by atoms with Crippen LogP contribution < -0.4 is 4.52 Å². The van der Waals surface area contributed by atoms with E-state index >= 15 is 0 Å². The van der Waals surface area contributed by atoms with Gasteiger partial charge in [0.05, 0.1) is 13.2 Å². The van der Waals surface area contributed by atoms with Gasteiger partial charge in [0.2, 0.25) is 0 Å². The van der Waals surface area contributed by atoms with Crippen molar-refractivity contribution in [2.75, 3.05) is 13.2 Å². The average molecular weight is 579 g/mol. The van der Waals surface area contributed by atoms with Crippen molar-refractivity contribution in [1.29, 1.82) is 0 Å². The monoisotopic (exact) mass is 578 g/mol. The van der Waals surface area contributed by atoms with Gasteiger partial charge in [-0.2, -0.15) is 0 Å². The first-order valence-electron chi connectivity index (χ1n) is 17.6. The van der Waals surface area contributed by atoms with E-state index in [9.17, 15) is 0 Å². The Hall–Kier alpha value is -0.630. The second kappa shape index (κ2) is 29.8. The number of unbranched alkanes of at least 4 members (excludes halogenated alkanes) is 21. The fourth-order valence-electron chi connectivity index (χ4n) is 5.08. The van der Waals surface area contributed by atoms with E-state index in [2.05, 4.69) is 45.0 Å². The molecule has 234 valence electrons. The van der Waals surface area contributed by atoms with Crippen LogP contribution >= 0.6 is 8.60 Å². The molecule has 0 unspecified atom stereocenters. The van der Waals surface area contributed by atoms with Crippen molar-refractivity contribution in [3.63, 3.8) is 0 Å². The predicted molar refractivity (Wildman–Crippen MR) is 177 cm³/mol. The maximum absolute atomic E-state index is 6.19. The highest BCUT2D eigenvalue weighted by Gasteiger charge is 2.15. The molecule has 40 heavy (non-hydrogen) atoms. The Kier molecular flexibility index (Phi) is 27.9. The van der Waals surface area contributed by atoms with Crippen LogP contribution in [-0.4, -0.2) is 13.2 Å². The van der Waals surface area contributed by atoms with Gasteiger partial charge in [-0.25, -0.2) is 0 Å². The van der Waals surface area contributed by atoms with Gasteiger partial charge < -0.3 is 13.6 Å². The van der Waals surface area contributed by atoms with Crippen LogP contribution in [0.25, 0.3) is 0 Å². The van der Waals surface area contributed by atoms with Crippen LogP contribution in [0.15, 0.2) is 24.3 Å². The first kappa shape index (κ1) is 37.4. The third-order valence-corrected chi connectivity index (χ3v) is 8.96. The molecule has 0 N–H and O–H groups in total. The van der Waals surface area contributed by atoms with Gasteiger partial charge in [0, 0.05) is 0 Å². The van der Waals surface area contributed by atoms with Crippen LogP contribution in [0.3, 0.4) is 0 Å². The Morgan fingerprint density at radius 3 is 1.15 bits per heavy atom. The number of rotatable bonds is 31. The highest BCUT2D eigenvalue weighted by molar-refractivity contribution is 7.42. The summed E-state index contributed by atoms with van der Waals surface area (Å²) in [5, 5.41) is 0. The molecule has 1 rings (SSSR count). The molecule has 0 fully saturated rings. The van der Waals surface area contributed by atoms with Gasteiger partial charge in [0.1, 0.15) is 5.75 Å². The van der Waals surface area contributed by atoms with Crippen molar-refractivity contribution in [1.82, 2.24) is 0 Å². The molecular weight excluding hydrogens is 511 g/mol. The van der Waals surface area contributed by atoms with Gasteiger partial charge in [0.25, 0.3) is 0 Å². The Labute approximate surface area is 251 Å². The quantitative estimate of drug-likeness (QED) is 0.0648. The van der Waals surface area contributed by atoms with E-state index in [4.69, 9.17) is 13.6 Å². The summed E-state index contributed by atoms with van der Waals surface area (Å²) in [5.41, 5.74) is 1.38. The maximum Gasteiger partial charge on any atom is 0.397 e. The van der Waals surface area contributed by atoms with Crippen LogP contribution in [0.2, 0.25) is 0 Å². The van der Waals surface area contributed by atoms with Crippen LogP contribution in [0.1, 0.15) is 180 Å². The summed E-state index contributed by atoms with van der Waals surface area (Å²) < 4.78 is 18.5. The second-order valence-corrected chi connectivity index (χ2v) is 12.9. The number of aryl methyl sites for hydroxylation is 1. The fraction of sp³-hybridized carbons (Fsp3) is 0.833. The maximum atomic E-state index is 6.19. The molecular formula is C36H67O3P. The summed E-state index contributed by atoms with van der Waals surface area (Å²) in [6.45, 7) is 8.28. The summed E-state index contributed by atoms with van der Waals surface area (Å²) in [6.07, 6.45) is 33.2. The van der Waals surface area contributed by atoms with Gasteiger partial charge >= 0.3 is 8.60 Å². The van der Waals surface area contributed by atoms with E-state index in [1.54, 1.807) is 0 Å². The Bertz CT molecular complexity index is 593. The normalized spacial score (nSPS) is 11.5. The van der Waals surface area contributed by atoms with Gasteiger partial charge in [-0.15, -0.1) is 0 Å². The van der Waals surface area contributed by atoms with Crippen LogP contribution in [0, 0.1) is 0 Å². The van der Waals surface area contributed by atoms with E-state index < -0.39 is 8.60 Å². The molecule has 0 aliphatic rings. The lowest BCUT2D eigenvalue weighted by Gasteiger charge is -2.17. The largest absolute Gasteiger partial charge is 0.427 e. The number of hydrogen-bond acceptors (Lipinski definition) is 3. The van der Waals surface area contributed by atoms with E-state index in [1.807, 2.05) is 0 Å². The summed E-state index contributed by atoms with van der Waals surface area (Å²) in [6, 6.07) is 8.54. The molecule has 0 atom stereocenters. The van der Waals surface area contributed by atoms with Gasteiger partial charge in [0.15, 0.2) is 0 Å². The molecule has 0 bridgehead atoms. The lowest BCUT2D eigenvalue weighted by molar-refractivity contribution is 0.198. The van der Waals surface area contributed by atoms with Crippen molar-refractivity contribution >= 4 is 8.60 Å². The molecule has 0 saturated heterocycles. The molecule has 1 aromatic rings. The lowest BCUT2D eigenvalue weighted by Crippen LogP contribution is -2.01. The first-order chi connectivity index (χ1) is 19.8. The Morgan fingerprint density at radius 1 is 0.425 bits per heavy atom. The summed E-state index contributed by atoms with van der Waals surface area (Å²) in [5.74, 6) is 0.865. The zero-order valence-electron chi connectivity index (χ0n) is 27.1. The Morgan fingerprint density at radius 2 is 0.775 bits per heavy atom. The SMILES string of the molecule is CCCCCCCCCCCCCOP(OCCCCCCCCCCCCC)Oc1ccc(CCCC)cc1. The molecule has 3 nitrogen and oxygen atoms in total. The van der Waals surface area contributed by atoms with Crippen molar-refractivity contribution in [3.8, 4) is 5.75 Å². The zero-order chi connectivity index (χ0) is 28.8. The standard InChI is InChI=1S/C36H67O3P/c1-4-7-10-12-14-16-18-20-22-24-26-33-37-40(39-36-31-29-35(30-32-36)28-9-6-3)38-34-27-25-23-21-19-17-15-13-11-8-5-2/h29-32H,4-28,33-34H2,1-3H3. The van der Waals surface area contributed by atoms with Crippen LogP contribution in [0.4, 0.5) is 0 Å². The summed E-state index contributed by atoms with van der Waals surface area (Å²) >= 11 is 0. The van der Waals surface area contributed by atoms with Crippen molar-refractivity contribution < 1.29 is 13.6 Å². The smallest absolute Gasteiger partial charge is 0.397 e. The molecule has 0 aliphatic carbocycles. The molecule has 0 aromatic heterocycles. The van der Waals surface area contributed by atoms with Crippen molar-refractivity contribution in [2.45, 2.75) is 181 Å². The van der Waals surface area contributed by atoms with Crippen molar-refractivity contribution in [2.24, 2.45) is 0 Å². The summed E-state index contributed by atoms with van der Waals surface area (Å²) in [7, 11) is -1.33. The second-order valence-electron chi connectivity index (χ2n) is 11.8. The molecule has 0 aliphatic heterocycles. The number of benzene rings is 1. The van der Waals surface area contributed by atoms with Crippen molar-refractivity contribution in [3.05, 3.63) is 29.8 Å². The van der Waals surface area contributed by atoms with Gasteiger partial charge in [-0.1, -0.05) is 168 Å². The van der Waals surface area contributed by atoms with E-state index in [1.165, 1.54) is 147 Å². The van der Waals surface area contributed by atoms with E-state index in [0.717, 1.165) is 38.2 Å². The molecule has 0 saturated carbocycles. The molecule has 0 amide bonds. The first-order valence-corrected chi connectivity index (χ1v) is 18.7. The molecule has 0 spiro atoms. The predicted octanol–water partition coefficient (Wildman–Crippen LogP) is 13.3. The lowest BCUT2D eigenvalue weighted by atomic mass is 10.1. The van der Waals surface area contributed by atoms with E-state index in [-0.39, 0.29) is 0 Å².